The molecule has 2 rings (SSSR count). The molecule has 0 unspecified atom stereocenters. The maximum absolute atomic E-state index is 5.37. The maximum atomic E-state index is 5.37. The Bertz CT molecular complexity index is 565. The third-order valence-corrected chi connectivity index (χ3v) is 4.12. The van der Waals surface area contributed by atoms with E-state index in [2.05, 4.69) is 47.5 Å². The summed E-state index contributed by atoms with van der Waals surface area (Å²) in [6.07, 6.45) is 5.37. The summed E-state index contributed by atoms with van der Waals surface area (Å²) >= 11 is 1.87. The van der Waals surface area contributed by atoms with Crippen molar-refractivity contribution in [2.45, 2.75) is 13.1 Å². The van der Waals surface area contributed by atoms with Gasteiger partial charge in [0.15, 0.2) is 0 Å². The van der Waals surface area contributed by atoms with Gasteiger partial charge in [0, 0.05) is 22.7 Å². The summed E-state index contributed by atoms with van der Waals surface area (Å²) in [4.78, 5) is 3.58. The maximum Gasteiger partial charge on any atom is 0.0599 e. The molecule has 1 aromatic carbocycles. The number of thiophene rings is 1. The van der Waals surface area contributed by atoms with Crippen LogP contribution in [0.15, 0.2) is 24.3 Å². The van der Waals surface area contributed by atoms with Gasteiger partial charge in [-0.1, -0.05) is 24.1 Å². The highest BCUT2D eigenvalue weighted by Crippen LogP contribution is 2.31. The predicted octanol–water partition coefficient (Wildman–Crippen LogP) is 2.69. The molecule has 1 N–H and O–H groups in total. The van der Waals surface area contributed by atoms with Crippen LogP contribution in [0.3, 0.4) is 0 Å². The zero-order chi connectivity index (χ0) is 13.0. The standard InChI is InChI=1S/C15H18N2S/c1-4-9-17(3)11-13-12-7-5-6-8-14(12)18-15(13)10-16-2/h1,5-8,16H,9-11H2,2-3H3. The molecule has 3 heteroatoms. The number of rotatable bonds is 5. The highest BCUT2D eigenvalue weighted by atomic mass is 32.1. The van der Waals surface area contributed by atoms with Crippen molar-refractivity contribution in [2.75, 3.05) is 20.6 Å². The molecule has 0 bridgehead atoms. The summed E-state index contributed by atoms with van der Waals surface area (Å²) < 4.78 is 1.35. The summed E-state index contributed by atoms with van der Waals surface area (Å²) in [7, 11) is 4.05. The summed E-state index contributed by atoms with van der Waals surface area (Å²) in [5, 5.41) is 4.60. The summed E-state index contributed by atoms with van der Waals surface area (Å²) in [5.74, 6) is 2.69. The van der Waals surface area contributed by atoms with Crippen molar-refractivity contribution in [3.05, 3.63) is 34.7 Å². The largest absolute Gasteiger partial charge is 0.315 e. The number of fused-ring (bicyclic) bond motifs is 1. The van der Waals surface area contributed by atoms with E-state index in [4.69, 9.17) is 6.42 Å². The topological polar surface area (TPSA) is 15.3 Å². The first-order valence-corrected chi connectivity index (χ1v) is 6.83. The SMILES string of the molecule is C#CCN(C)Cc1c(CNC)sc2ccccc12. The third kappa shape index (κ3) is 2.73. The van der Waals surface area contributed by atoms with E-state index in [-0.39, 0.29) is 0 Å². The summed E-state index contributed by atoms with van der Waals surface area (Å²) in [6.45, 7) is 2.51. The lowest BCUT2D eigenvalue weighted by molar-refractivity contribution is 0.369. The zero-order valence-corrected chi connectivity index (χ0v) is 11.7. The fourth-order valence-electron chi connectivity index (χ4n) is 2.11. The molecule has 2 aromatic rings. The van der Waals surface area contributed by atoms with Crippen molar-refractivity contribution in [3.63, 3.8) is 0 Å². The average Bonchev–Trinajstić information content (AvgIpc) is 2.69. The minimum atomic E-state index is 0.684. The van der Waals surface area contributed by atoms with Crippen LogP contribution < -0.4 is 5.32 Å². The first-order valence-electron chi connectivity index (χ1n) is 6.02. The van der Waals surface area contributed by atoms with Gasteiger partial charge in [-0.15, -0.1) is 17.8 Å². The van der Waals surface area contributed by atoms with Gasteiger partial charge in [0.2, 0.25) is 0 Å². The molecule has 0 aliphatic carbocycles. The zero-order valence-electron chi connectivity index (χ0n) is 10.9. The Morgan fingerprint density at radius 1 is 1.39 bits per heavy atom. The smallest absolute Gasteiger partial charge is 0.0599 e. The first kappa shape index (κ1) is 13.1. The monoisotopic (exact) mass is 258 g/mol. The molecule has 0 atom stereocenters. The van der Waals surface area contributed by atoms with Gasteiger partial charge in [-0.25, -0.2) is 0 Å². The predicted molar refractivity (Wildman–Crippen MR) is 79.8 cm³/mol. The van der Waals surface area contributed by atoms with E-state index in [9.17, 15) is 0 Å². The van der Waals surface area contributed by atoms with Crippen LogP contribution in [0.5, 0.6) is 0 Å². The Morgan fingerprint density at radius 2 is 2.17 bits per heavy atom. The van der Waals surface area contributed by atoms with E-state index in [1.54, 1.807) is 0 Å². The molecular weight excluding hydrogens is 240 g/mol. The number of hydrogen-bond acceptors (Lipinski definition) is 3. The molecule has 0 amide bonds. The molecule has 2 nitrogen and oxygen atoms in total. The second-order valence-electron chi connectivity index (χ2n) is 4.41. The Kier molecular flexibility index (Phi) is 4.38. The molecule has 0 fully saturated rings. The van der Waals surface area contributed by atoms with Gasteiger partial charge in [0.05, 0.1) is 6.54 Å². The highest BCUT2D eigenvalue weighted by Gasteiger charge is 2.12. The fourth-order valence-corrected chi connectivity index (χ4v) is 3.34. The minimum absolute atomic E-state index is 0.684. The number of nitrogens with one attached hydrogen (secondary N) is 1. The molecule has 0 aliphatic rings. The number of terminal acetylenes is 1. The molecule has 0 spiro atoms. The molecule has 0 saturated heterocycles. The van der Waals surface area contributed by atoms with E-state index in [0.717, 1.165) is 13.1 Å². The van der Waals surface area contributed by atoms with E-state index in [0.29, 0.717) is 6.54 Å². The number of hydrogen-bond donors (Lipinski definition) is 1. The van der Waals surface area contributed by atoms with Crippen LogP contribution in [-0.2, 0) is 13.1 Å². The van der Waals surface area contributed by atoms with Gasteiger partial charge in [-0.3, -0.25) is 4.90 Å². The lowest BCUT2D eigenvalue weighted by Gasteiger charge is -2.14. The van der Waals surface area contributed by atoms with Crippen molar-refractivity contribution in [1.29, 1.82) is 0 Å². The van der Waals surface area contributed by atoms with Crippen LogP contribution in [0.2, 0.25) is 0 Å². The molecule has 18 heavy (non-hydrogen) atoms. The van der Waals surface area contributed by atoms with Crippen molar-refractivity contribution in [2.24, 2.45) is 0 Å². The van der Waals surface area contributed by atoms with Crippen LogP contribution in [0.1, 0.15) is 10.4 Å². The molecule has 0 radical (unpaired) electrons. The third-order valence-electron chi connectivity index (χ3n) is 2.91. The molecule has 94 valence electrons. The summed E-state index contributed by atoms with van der Waals surface area (Å²) in [5.41, 5.74) is 1.41. The van der Waals surface area contributed by atoms with Gasteiger partial charge < -0.3 is 5.32 Å². The molecule has 0 saturated carbocycles. The van der Waals surface area contributed by atoms with Gasteiger partial charge in [0.25, 0.3) is 0 Å². The Hall–Kier alpha value is -1.34. The Labute approximate surface area is 113 Å². The van der Waals surface area contributed by atoms with Crippen LogP contribution in [0, 0.1) is 12.3 Å². The first-order chi connectivity index (χ1) is 8.76. The van der Waals surface area contributed by atoms with Crippen molar-refractivity contribution in [3.8, 4) is 12.3 Å². The van der Waals surface area contributed by atoms with Crippen molar-refractivity contribution < 1.29 is 0 Å². The van der Waals surface area contributed by atoms with Crippen molar-refractivity contribution in [1.82, 2.24) is 10.2 Å². The fraction of sp³-hybridized carbons (Fsp3) is 0.333. The quantitative estimate of drug-likeness (QED) is 0.830. The van der Waals surface area contributed by atoms with Gasteiger partial charge in [0.1, 0.15) is 0 Å². The number of benzene rings is 1. The van der Waals surface area contributed by atoms with Crippen LogP contribution >= 0.6 is 11.3 Å². The Balaban J connectivity index is 2.38. The molecule has 1 aromatic heterocycles. The van der Waals surface area contributed by atoms with E-state index in [1.165, 1.54) is 20.5 Å². The van der Waals surface area contributed by atoms with Crippen LogP contribution in [0.4, 0.5) is 0 Å². The lowest BCUT2D eigenvalue weighted by atomic mass is 10.1. The van der Waals surface area contributed by atoms with Crippen molar-refractivity contribution >= 4 is 21.4 Å². The van der Waals surface area contributed by atoms with E-state index >= 15 is 0 Å². The van der Waals surface area contributed by atoms with E-state index < -0.39 is 0 Å². The minimum Gasteiger partial charge on any atom is -0.315 e. The molecule has 0 aliphatic heterocycles. The van der Waals surface area contributed by atoms with Gasteiger partial charge >= 0.3 is 0 Å². The second kappa shape index (κ2) is 6.01. The summed E-state index contributed by atoms with van der Waals surface area (Å²) in [6, 6.07) is 8.58. The average molecular weight is 258 g/mol. The van der Waals surface area contributed by atoms with Crippen LogP contribution in [0.25, 0.3) is 10.1 Å². The lowest BCUT2D eigenvalue weighted by Crippen LogP contribution is -2.19. The number of nitrogens with zero attached hydrogens (tertiary/aromatic N) is 1. The molecular formula is C15H18N2S. The molecule has 1 heterocycles. The second-order valence-corrected chi connectivity index (χ2v) is 5.54. The van der Waals surface area contributed by atoms with Gasteiger partial charge in [-0.2, -0.15) is 0 Å². The normalized spacial score (nSPS) is 11.0. The highest BCUT2D eigenvalue weighted by molar-refractivity contribution is 7.19. The van der Waals surface area contributed by atoms with Crippen LogP contribution in [-0.4, -0.2) is 25.5 Å². The Morgan fingerprint density at radius 3 is 2.89 bits per heavy atom. The van der Waals surface area contributed by atoms with E-state index in [1.807, 2.05) is 18.4 Å². The van der Waals surface area contributed by atoms with Gasteiger partial charge in [-0.05, 0) is 31.1 Å².